The van der Waals surface area contributed by atoms with Gasteiger partial charge in [0.05, 0.1) is 12.6 Å². The lowest BCUT2D eigenvalue weighted by Crippen LogP contribution is -2.62. The number of rotatable bonds is 6. The number of nitrogens with one attached hydrogen (secondary N) is 1. The molecule has 3 nitrogen and oxygen atoms in total. The molecule has 1 N–H and O–H groups in total. The first-order valence-corrected chi connectivity index (χ1v) is 9.18. The molecule has 3 aliphatic rings. The van der Waals surface area contributed by atoms with Gasteiger partial charge < -0.3 is 10.1 Å². The quantitative estimate of drug-likeness (QED) is 0.811. The molecular formula is C18H32N2O. The number of piperidine rings is 1. The highest BCUT2D eigenvalue weighted by molar-refractivity contribution is 5.19. The van der Waals surface area contributed by atoms with Crippen molar-refractivity contribution in [2.24, 2.45) is 0 Å². The van der Waals surface area contributed by atoms with Crippen LogP contribution in [0.15, 0.2) is 11.8 Å². The molecule has 1 saturated heterocycles. The fraction of sp³-hybridized carbons (Fsp3) is 0.889. The highest BCUT2D eigenvalue weighted by Gasteiger charge is 2.48. The molecule has 0 aromatic rings. The van der Waals surface area contributed by atoms with Crippen molar-refractivity contribution in [3.8, 4) is 0 Å². The van der Waals surface area contributed by atoms with Crippen LogP contribution in [0.4, 0.5) is 0 Å². The maximum Gasteiger partial charge on any atom is 0.111 e. The van der Waals surface area contributed by atoms with Crippen LogP contribution in [0.5, 0.6) is 0 Å². The highest BCUT2D eigenvalue weighted by atomic mass is 16.5. The summed E-state index contributed by atoms with van der Waals surface area (Å²) >= 11 is 0. The average molecular weight is 292 g/mol. The number of hydrogen-bond acceptors (Lipinski definition) is 3. The second kappa shape index (κ2) is 7.15. The van der Waals surface area contributed by atoms with Crippen LogP contribution in [0, 0.1) is 0 Å². The van der Waals surface area contributed by atoms with Crippen LogP contribution in [-0.4, -0.2) is 42.7 Å². The second-order valence-corrected chi connectivity index (χ2v) is 6.99. The van der Waals surface area contributed by atoms with Gasteiger partial charge in [0.2, 0.25) is 0 Å². The molecule has 2 fully saturated rings. The van der Waals surface area contributed by atoms with E-state index in [1.165, 1.54) is 70.2 Å². The van der Waals surface area contributed by atoms with Crippen LogP contribution in [-0.2, 0) is 4.74 Å². The molecular weight excluding hydrogens is 260 g/mol. The van der Waals surface area contributed by atoms with Crippen molar-refractivity contribution in [1.82, 2.24) is 10.2 Å². The summed E-state index contributed by atoms with van der Waals surface area (Å²) in [6.45, 7) is 6.82. The zero-order chi connectivity index (χ0) is 14.5. The number of likely N-dealkylation sites (tertiary alicyclic amines) is 1. The first kappa shape index (κ1) is 15.4. The normalized spacial score (nSPS) is 27.4. The fourth-order valence-electron chi connectivity index (χ4n) is 4.60. The molecule has 21 heavy (non-hydrogen) atoms. The Morgan fingerprint density at radius 2 is 1.95 bits per heavy atom. The Morgan fingerprint density at radius 1 is 1.19 bits per heavy atom. The average Bonchev–Trinajstić information content (AvgIpc) is 3.21. The van der Waals surface area contributed by atoms with Crippen molar-refractivity contribution in [3.63, 3.8) is 0 Å². The van der Waals surface area contributed by atoms with Crippen LogP contribution in [0.25, 0.3) is 0 Å². The first-order valence-electron chi connectivity index (χ1n) is 9.18. The van der Waals surface area contributed by atoms with Gasteiger partial charge in [0, 0.05) is 12.0 Å². The SMILES string of the molecule is CCCNC(C1=CCCO1)C1(N2CCCCC2)CCCC1. The summed E-state index contributed by atoms with van der Waals surface area (Å²) in [5.74, 6) is 1.25. The molecule has 0 radical (unpaired) electrons. The van der Waals surface area contributed by atoms with Crippen LogP contribution >= 0.6 is 0 Å². The van der Waals surface area contributed by atoms with Crippen LogP contribution in [0.2, 0.25) is 0 Å². The molecule has 1 aliphatic carbocycles. The minimum Gasteiger partial charge on any atom is -0.496 e. The van der Waals surface area contributed by atoms with Gasteiger partial charge in [-0.1, -0.05) is 26.2 Å². The molecule has 0 aromatic carbocycles. The van der Waals surface area contributed by atoms with Gasteiger partial charge in [-0.3, -0.25) is 4.90 Å². The van der Waals surface area contributed by atoms with Crippen molar-refractivity contribution in [1.29, 1.82) is 0 Å². The Hall–Kier alpha value is -0.540. The van der Waals surface area contributed by atoms with E-state index >= 15 is 0 Å². The zero-order valence-electron chi connectivity index (χ0n) is 13.7. The Labute approximate surface area is 130 Å². The summed E-state index contributed by atoms with van der Waals surface area (Å²) in [5.41, 5.74) is 0.325. The summed E-state index contributed by atoms with van der Waals surface area (Å²) in [6.07, 6.45) is 14.3. The standard InChI is InChI=1S/C18H32N2O/c1-2-12-19-17(16-9-8-15-21-16)18(10-4-5-11-18)20-13-6-3-7-14-20/h9,17,19H,2-8,10-15H2,1H3. The monoisotopic (exact) mass is 292 g/mol. The third kappa shape index (κ3) is 3.14. The van der Waals surface area contributed by atoms with Gasteiger partial charge in [-0.2, -0.15) is 0 Å². The van der Waals surface area contributed by atoms with Crippen molar-refractivity contribution >= 4 is 0 Å². The van der Waals surface area contributed by atoms with Crippen LogP contribution in [0.3, 0.4) is 0 Å². The van der Waals surface area contributed by atoms with Crippen molar-refractivity contribution in [2.75, 3.05) is 26.2 Å². The molecule has 2 aliphatic heterocycles. The highest BCUT2D eigenvalue weighted by Crippen LogP contribution is 2.42. The Bertz CT molecular complexity index is 354. The van der Waals surface area contributed by atoms with Gasteiger partial charge in [0.1, 0.15) is 5.76 Å². The van der Waals surface area contributed by atoms with Gasteiger partial charge in [0.15, 0.2) is 0 Å². The third-order valence-corrected chi connectivity index (χ3v) is 5.61. The maximum absolute atomic E-state index is 6.01. The fourth-order valence-corrected chi connectivity index (χ4v) is 4.60. The second-order valence-electron chi connectivity index (χ2n) is 6.99. The van der Waals surface area contributed by atoms with Crippen molar-refractivity contribution in [3.05, 3.63) is 11.8 Å². The van der Waals surface area contributed by atoms with E-state index in [2.05, 4.69) is 23.2 Å². The lowest BCUT2D eigenvalue weighted by Gasteiger charge is -2.48. The molecule has 2 heterocycles. The van der Waals surface area contributed by atoms with E-state index < -0.39 is 0 Å². The van der Waals surface area contributed by atoms with E-state index in [1.54, 1.807) is 0 Å². The molecule has 1 saturated carbocycles. The number of hydrogen-bond donors (Lipinski definition) is 1. The molecule has 1 atom stereocenters. The summed E-state index contributed by atoms with van der Waals surface area (Å²) in [5, 5.41) is 3.86. The molecule has 0 amide bonds. The molecule has 1 unspecified atom stereocenters. The van der Waals surface area contributed by atoms with Gasteiger partial charge in [-0.05, 0) is 57.8 Å². The third-order valence-electron chi connectivity index (χ3n) is 5.61. The van der Waals surface area contributed by atoms with Gasteiger partial charge in [-0.25, -0.2) is 0 Å². The summed E-state index contributed by atoms with van der Waals surface area (Å²) in [7, 11) is 0. The van der Waals surface area contributed by atoms with E-state index in [1.807, 2.05) is 0 Å². The molecule has 0 bridgehead atoms. The van der Waals surface area contributed by atoms with Crippen LogP contribution < -0.4 is 5.32 Å². The molecule has 120 valence electrons. The number of nitrogens with zero attached hydrogens (tertiary/aromatic N) is 1. The lowest BCUT2D eigenvalue weighted by molar-refractivity contribution is 0.0295. The molecule has 3 heteroatoms. The van der Waals surface area contributed by atoms with Gasteiger partial charge in [0.25, 0.3) is 0 Å². The van der Waals surface area contributed by atoms with Gasteiger partial charge in [-0.15, -0.1) is 0 Å². The van der Waals surface area contributed by atoms with E-state index in [-0.39, 0.29) is 0 Å². The lowest BCUT2D eigenvalue weighted by atomic mass is 9.83. The topological polar surface area (TPSA) is 24.5 Å². The van der Waals surface area contributed by atoms with E-state index in [9.17, 15) is 0 Å². The minimum absolute atomic E-state index is 0.325. The predicted molar refractivity (Wildman–Crippen MR) is 87.4 cm³/mol. The van der Waals surface area contributed by atoms with E-state index in [0.717, 1.165) is 19.6 Å². The van der Waals surface area contributed by atoms with Crippen LogP contribution in [0.1, 0.15) is 64.7 Å². The summed E-state index contributed by atoms with van der Waals surface area (Å²) < 4.78 is 6.01. The maximum atomic E-state index is 6.01. The Morgan fingerprint density at radius 3 is 2.57 bits per heavy atom. The Balaban J connectivity index is 1.83. The molecule has 0 aromatic heterocycles. The van der Waals surface area contributed by atoms with Gasteiger partial charge >= 0.3 is 0 Å². The minimum atomic E-state index is 0.325. The number of ether oxygens (including phenoxy) is 1. The summed E-state index contributed by atoms with van der Waals surface area (Å²) in [4.78, 5) is 2.82. The zero-order valence-corrected chi connectivity index (χ0v) is 13.7. The van der Waals surface area contributed by atoms with E-state index in [0.29, 0.717) is 11.6 Å². The first-order chi connectivity index (χ1) is 10.4. The smallest absolute Gasteiger partial charge is 0.111 e. The predicted octanol–water partition coefficient (Wildman–Crippen LogP) is 3.46. The Kier molecular flexibility index (Phi) is 5.23. The van der Waals surface area contributed by atoms with E-state index in [4.69, 9.17) is 4.74 Å². The van der Waals surface area contributed by atoms with Crippen molar-refractivity contribution in [2.45, 2.75) is 76.3 Å². The van der Waals surface area contributed by atoms with Crippen molar-refractivity contribution < 1.29 is 4.74 Å². The summed E-state index contributed by atoms with van der Waals surface area (Å²) in [6, 6.07) is 0.417. The largest absolute Gasteiger partial charge is 0.496 e. The molecule has 3 rings (SSSR count). The molecule has 0 spiro atoms.